The summed E-state index contributed by atoms with van der Waals surface area (Å²) in [7, 11) is -1.65. The molecule has 4 aromatic carbocycles. The monoisotopic (exact) mass is 695 g/mol. The van der Waals surface area contributed by atoms with Gasteiger partial charge in [0.1, 0.15) is 18.4 Å². The smallest absolute Gasteiger partial charge is 0.264 e. The first-order chi connectivity index (χ1) is 22.9. The highest BCUT2D eigenvalue weighted by atomic mass is 35.5. The molecule has 0 radical (unpaired) electrons. The molecule has 0 aliphatic carbocycles. The van der Waals surface area contributed by atoms with Crippen molar-refractivity contribution in [2.24, 2.45) is 5.92 Å². The molecule has 1 N–H and O–H groups in total. The highest BCUT2D eigenvalue weighted by Gasteiger charge is 2.35. The van der Waals surface area contributed by atoms with Crippen LogP contribution >= 0.6 is 11.6 Å². The number of ether oxygens (including phenoxy) is 2. The third-order valence-electron chi connectivity index (χ3n) is 7.56. The number of nitrogens with zero attached hydrogens (tertiary/aromatic N) is 2. The van der Waals surface area contributed by atoms with E-state index in [1.54, 1.807) is 24.3 Å². The Balaban J connectivity index is 1.81. The van der Waals surface area contributed by atoms with E-state index in [0.29, 0.717) is 22.9 Å². The molecule has 12 heteroatoms. The van der Waals surface area contributed by atoms with Crippen LogP contribution in [0, 0.1) is 11.7 Å². The number of sulfonamides is 1. The lowest BCUT2D eigenvalue weighted by Gasteiger charge is -2.34. The number of nitrogens with one attached hydrogen (secondary N) is 1. The van der Waals surface area contributed by atoms with Crippen molar-refractivity contribution < 1.29 is 31.9 Å². The van der Waals surface area contributed by atoms with Crippen molar-refractivity contribution in [3.8, 4) is 11.5 Å². The molecule has 254 valence electrons. The first-order valence-corrected chi connectivity index (χ1v) is 17.1. The predicted molar refractivity (Wildman–Crippen MR) is 184 cm³/mol. The topological polar surface area (TPSA) is 105 Å². The standard InChI is InChI=1S/C36H39ClFN3O6S/c1-25(2)22-39-36(43)32(20-26-8-6-5-7-9-26)40(23-27-10-12-28(37)13-11-27)35(42)24-41(30-16-14-29(38)15-17-30)48(44,45)31-18-19-33(46-3)34(21-31)47-4/h5-19,21,25,32H,20,22-24H2,1-4H3,(H,39,43)/t32-/m1/s1. The minimum Gasteiger partial charge on any atom is -0.493 e. The van der Waals surface area contributed by atoms with Crippen molar-refractivity contribution in [2.75, 3.05) is 31.6 Å². The summed E-state index contributed by atoms with van der Waals surface area (Å²) in [5.41, 5.74) is 1.54. The van der Waals surface area contributed by atoms with Crippen molar-refractivity contribution in [3.05, 3.63) is 119 Å². The summed E-state index contributed by atoms with van der Waals surface area (Å²) in [6.07, 6.45) is 0.170. The molecule has 0 fully saturated rings. The van der Waals surface area contributed by atoms with Gasteiger partial charge in [0, 0.05) is 30.6 Å². The first kappa shape index (κ1) is 36.2. The van der Waals surface area contributed by atoms with E-state index in [0.717, 1.165) is 22.0 Å². The molecule has 0 heterocycles. The Morgan fingerprint density at radius 1 is 0.854 bits per heavy atom. The van der Waals surface area contributed by atoms with E-state index in [1.807, 2.05) is 44.2 Å². The molecule has 0 bridgehead atoms. The van der Waals surface area contributed by atoms with E-state index >= 15 is 0 Å². The van der Waals surface area contributed by atoms with Gasteiger partial charge in [-0.25, -0.2) is 12.8 Å². The zero-order valence-electron chi connectivity index (χ0n) is 27.2. The van der Waals surface area contributed by atoms with Crippen molar-refractivity contribution in [1.82, 2.24) is 10.2 Å². The Morgan fingerprint density at radius 2 is 1.50 bits per heavy atom. The molecule has 48 heavy (non-hydrogen) atoms. The Bertz CT molecular complexity index is 1790. The molecular formula is C36H39ClFN3O6S. The summed E-state index contributed by atoms with van der Waals surface area (Å²) in [5.74, 6) is -0.996. The lowest BCUT2D eigenvalue weighted by Crippen LogP contribution is -2.53. The fourth-order valence-corrected chi connectivity index (χ4v) is 6.56. The number of benzene rings is 4. The summed E-state index contributed by atoms with van der Waals surface area (Å²) in [4.78, 5) is 29.6. The van der Waals surface area contributed by atoms with Crippen LogP contribution in [0.1, 0.15) is 25.0 Å². The third-order valence-corrected chi connectivity index (χ3v) is 9.58. The van der Waals surface area contributed by atoms with Gasteiger partial charge in [0.2, 0.25) is 11.8 Å². The Labute approximate surface area is 286 Å². The van der Waals surface area contributed by atoms with E-state index < -0.39 is 34.3 Å². The average Bonchev–Trinajstić information content (AvgIpc) is 3.08. The zero-order valence-corrected chi connectivity index (χ0v) is 28.8. The van der Waals surface area contributed by atoms with Crippen molar-refractivity contribution >= 4 is 39.1 Å². The van der Waals surface area contributed by atoms with Crippen LogP contribution in [0.15, 0.2) is 102 Å². The number of carbonyl (C=O) groups is 2. The maximum atomic E-state index is 14.5. The normalized spacial score (nSPS) is 11.9. The Morgan fingerprint density at radius 3 is 2.10 bits per heavy atom. The highest BCUT2D eigenvalue weighted by molar-refractivity contribution is 7.92. The molecular weight excluding hydrogens is 657 g/mol. The maximum absolute atomic E-state index is 14.5. The number of hydrogen-bond donors (Lipinski definition) is 1. The van der Waals surface area contributed by atoms with Gasteiger partial charge in [-0.1, -0.05) is 67.9 Å². The predicted octanol–water partition coefficient (Wildman–Crippen LogP) is 6.10. The van der Waals surface area contributed by atoms with E-state index in [4.69, 9.17) is 21.1 Å². The van der Waals surface area contributed by atoms with E-state index in [1.165, 1.54) is 49.5 Å². The molecule has 4 rings (SSSR count). The van der Waals surface area contributed by atoms with Gasteiger partial charge in [0.25, 0.3) is 10.0 Å². The van der Waals surface area contributed by atoms with Crippen LogP contribution in [0.5, 0.6) is 11.5 Å². The van der Waals surface area contributed by atoms with Crippen molar-refractivity contribution in [1.29, 1.82) is 0 Å². The van der Waals surface area contributed by atoms with Gasteiger partial charge in [-0.2, -0.15) is 0 Å². The van der Waals surface area contributed by atoms with Crippen molar-refractivity contribution in [2.45, 2.75) is 37.8 Å². The summed E-state index contributed by atoms with van der Waals surface area (Å²) >= 11 is 6.14. The fraction of sp³-hybridized carbons (Fsp3) is 0.278. The summed E-state index contributed by atoms with van der Waals surface area (Å²) < 4.78 is 54.1. The lowest BCUT2D eigenvalue weighted by molar-refractivity contribution is -0.140. The first-order valence-electron chi connectivity index (χ1n) is 15.3. The molecule has 1 atom stereocenters. The van der Waals surface area contributed by atoms with Gasteiger partial charge in [0.05, 0.1) is 24.8 Å². The van der Waals surface area contributed by atoms with Gasteiger partial charge in [-0.3, -0.25) is 13.9 Å². The molecule has 0 unspecified atom stereocenters. The molecule has 0 aliphatic rings. The van der Waals surface area contributed by atoms with Gasteiger partial charge in [-0.05, 0) is 65.6 Å². The third kappa shape index (κ3) is 9.26. The number of rotatable bonds is 15. The zero-order chi connectivity index (χ0) is 34.8. The quantitative estimate of drug-likeness (QED) is 0.161. The Hall–Kier alpha value is -4.61. The number of hydrogen-bond acceptors (Lipinski definition) is 6. The fourth-order valence-electron chi connectivity index (χ4n) is 5.00. The summed E-state index contributed by atoms with van der Waals surface area (Å²) in [6.45, 7) is 3.59. The number of halogens is 2. The molecule has 0 saturated heterocycles. The van der Waals surface area contributed by atoms with Gasteiger partial charge in [0.15, 0.2) is 11.5 Å². The van der Waals surface area contributed by atoms with Crippen LogP contribution in [0.3, 0.4) is 0 Å². The molecule has 9 nitrogen and oxygen atoms in total. The molecule has 0 aliphatic heterocycles. The number of methoxy groups -OCH3 is 2. The van der Waals surface area contributed by atoms with Crippen LogP contribution in [-0.2, 0) is 32.6 Å². The number of anilines is 1. The van der Waals surface area contributed by atoms with Crippen LogP contribution in [0.25, 0.3) is 0 Å². The molecule has 2 amide bonds. The highest BCUT2D eigenvalue weighted by Crippen LogP contribution is 2.32. The second kappa shape index (κ2) is 16.5. The number of carbonyl (C=O) groups excluding carboxylic acids is 2. The Kier molecular flexibility index (Phi) is 12.4. The van der Waals surface area contributed by atoms with E-state index in [-0.39, 0.29) is 41.1 Å². The van der Waals surface area contributed by atoms with E-state index in [9.17, 15) is 22.4 Å². The molecule has 0 saturated carbocycles. The van der Waals surface area contributed by atoms with Gasteiger partial charge in [-0.15, -0.1) is 0 Å². The minimum absolute atomic E-state index is 0.0176. The van der Waals surface area contributed by atoms with E-state index in [2.05, 4.69) is 5.32 Å². The minimum atomic E-state index is -4.45. The summed E-state index contributed by atoms with van der Waals surface area (Å²) in [5, 5.41) is 3.45. The lowest BCUT2D eigenvalue weighted by atomic mass is 10.0. The molecule has 0 aromatic heterocycles. The van der Waals surface area contributed by atoms with Crippen LogP contribution in [0.4, 0.5) is 10.1 Å². The summed E-state index contributed by atoms with van der Waals surface area (Å²) in [6, 6.07) is 23.9. The second-order valence-electron chi connectivity index (χ2n) is 11.5. The largest absolute Gasteiger partial charge is 0.493 e. The average molecular weight is 696 g/mol. The second-order valence-corrected chi connectivity index (χ2v) is 13.8. The maximum Gasteiger partial charge on any atom is 0.264 e. The van der Waals surface area contributed by atoms with Crippen molar-refractivity contribution in [3.63, 3.8) is 0 Å². The molecule has 4 aromatic rings. The van der Waals surface area contributed by atoms with Gasteiger partial charge < -0.3 is 19.7 Å². The van der Waals surface area contributed by atoms with Crippen LogP contribution < -0.4 is 19.1 Å². The van der Waals surface area contributed by atoms with Crippen LogP contribution in [0.2, 0.25) is 5.02 Å². The number of amides is 2. The van der Waals surface area contributed by atoms with Crippen LogP contribution in [-0.4, -0.2) is 58.5 Å². The van der Waals surface area contributed by atoms with Gasteiger partial charge >= 0.3 is 0 Å². The SMILES string of the molecule is COc1ccc(S(=O)(=O)N(CC(=O)N(Cc2ccc(Cl)cc2)[C@H](Cc2ccccc2)C(=O)NCC(C)C)c2ccc(F)cc2)cc1OC. The molecule has 0 spiro atoms.